The Hall–Kier alpha value is -3.51. The van der Waals surface area contributed by atoms with E-state index in [-0.39, 0.29) is 23.9 Å². The van der Waals surface area contributed by atoms with E-state index >= 15 is 0 Å². The van der Waals surface area contributed by atoms with Crippen molar-refractivity contribution in [1.82, 2.24) is 20.2 Å². The number of ether oxygens (including phenoxy) is 1. The summed E-state index contributed by atoms with van der Waals surface area (Å²) in [6.07, 6.45) is -4.39. The van der Waals surface area contributed by atoms with Gasteiger partial charge in [0.1, 0.15) is 23.1 Å². The lowest BCUT2D eigenvalue weighted by atomic mass is 10.0. The highest BCUT2D eigenvalue weighted by molar-refractivity contribution is 5.94. The Balaban J connectivity index is 1.80. The summed E-state index contributed by atoms with van der Waals surface area (Å²) in [6.45, 7) is 1.81. The number of carbonyl (C=O) groups excluding carboxylic acids is 2. The van der Waals surface area contributed by atoms with E-state index in [4.69, 9.17) is 0 Å². The topological polar surface area (TPSA) is 96.5 Å². The number of rotatable bonds is 5. The second-order valence-electron chi connectivity index (χ2n) is 7.55. The predicted octanol–water partition coefficient (Wildman–Crippen LogP) is 3.41. The van der Waals surface area contributed by atoms with Crippen LogP contribution in [-0.2, 0) is 4.79 Å². The minimum Gasteiger partial charge on any atom is -0.406 e. The number of nitrogens with one attached hydrogen (secondary N) is 2. The van der Waals surface area contributed by atoms with E-state index in [1.165, 1.54) is 19.1 Å². The molecule has 3 heterocycles. The molecule has 1 saturated heterocycles. The van der Waals surface area contributed by atoms with Gasteiger partial charge in [0.05, 0.1) is 12.6 Å². The molecule has 8 nitrogen and oxygen atoms in total. The summed E-state index contributed by atoms with van der Waals surface area (Å²) >= 11 is 0. The van der Waals surface area contributed by atoms with Crippen LogP contribution < -0.4 is 15.4 Å². The number of alkyl halides is 5. The Morgan fingerprint density at radius 1 is 1.21 bits per heavy atom. The Morgan fingerprint density at radius 2 is 1.94 bits per heavy atom. The van der Waals surface area contributed by atoms with Crippen molar-refractivity contribution in [2.75, 3.05) is 18.4 Å². The van der Waals surface area contributed by atoms with Crippen LogP contribution in [0.2, 0.25) is 0 Å². The van der Waals surface area contributed by atoms with Crippen molar-refractivity contribution in [3.05, 3.63) is 41.7 Å². The van der Waals surface area contributed by atoms with Gasteiger partial charge in [-0.15, -0.1) is 13.2 Å². The fraction of sp³-hybridized carbons (Fsp3) is 0.400. The number of pyridine rings is 2. The van der Waals surface area contributed by atoms with E-state index in [1.807, 2.05) is 0 Å². The zero-order valence-electron chi connectivity index (χ0n) is 17.5. The first-order valence-corrected chi connectivity index (χ1v) is 9.72. The molecule has 0 bridgehead atoms. The first kappa shape index (κ1) is 24.1. The SMILES string of the molecule is CC(=O)N[C@@H]1CN(C(=O)c2nc(Nc3cc(OC(F)(F)F)ccn3)ccc2C)CC(F)(F)C1. The molecule has 1 fully saturated rings. The largest absolute Gasteiger partial charge is 0.573 e. The maximum atomic E-state index is 14.2. The summed E-state index contributed by atoms with van der Waals surface area (Å²) in [5.41, 5.74) is 0.277. The van der Waals surface area contributed by atoms with Crippen LogP contribution in [0.15, 0.2) is 30.5 Å². The standard InChI is InChI=1S/C20H20F5N5O3/c1-11-3-4-15(28-16-7-14(5-6-26-16)33-20(23,24)25)29-17(11)18(32)30-9-13(27-12(2)31)8-19(21,22)10-30/h3-7,13H,8-10H2,1-2H3,(H,27,31)(H,26,28,29)/t13-/m0/s1. The minimum atomic E-state index is -4.88. The molecule has 178 valence electrons. The fourth-order valence-electron chi connectivity index (χ4n) is 3.41. The summed E-state index contributed by atoms with van der Waals surface area (Å²) in [5, 5.41) is 5.07. The van der Waals surface area contributed by atoms with Crippen LogP contribution in [0.1, 0.15) is 29.4 Å². The molecule has 2 amide bonds. The van der Waals surface area contributed by atoms with E-state index in [1.54, 1.807) is 6.92 Å². The van der Waals surface area contributed by atoms with Crippen molar-refractivity contribution in [3.63, 3.8) is 0 Å². The van der Waals surface area contributed by atoms with Crippen molar-refractivity contribution in [2.24, 2.45) is 0 Å². The third kappa shape index (κ3) is 6.73. The molecule has 0 saturated carbocycles. The van der Waals surface area contributed by atoms with E-state index < -0.39 is 48.9 Å². The number of nitrogens with zero attached hydrogens (tertiary/aromatic N) is 3. The number of halogens is 5. The minimum absolute atomic E-state index is 0.0401. The number of amides is 2. The molecule has 1 atom stereocenters. The number of hydrogen-bond acceptors (Lipinski definition) is 6. The lowest BCUT2D eigenvalue weighted by Crippen LogP contribution is -2.56. The van der Waals surface area contributed by atoms with Crippen LogP contribution >= 0.6 is 0 Å². The van der Waals surface area contributed by atoms with Crippen LogP contribution in [0, 0.1) is 6.92 Å². The number of carbonyl (C=O) groups is 2. The van der Waals surface area contributed by atoms with Gasteiger partial charge in [-0.1, -0.05) is 6.07 Å². The predicted molar refractivity (Wildman–Crippen MR) is 106 cm³/mol. The van der Waals surface area contributed by atoms with Gasteiger partial charge in [-0.2, -0.15) is 0 Å². The van der Waals surface area contributed by atoms with Gasteiger partial charge in [0.25, 0.3) is 11.8 Å². The van der Waals surface area contributed by atoms with Crippen LogP contribution in [0.25, 0.3) is 0 Å². The van der Waals surface area contributed by atoms with Gasteiger partial charge in [0.15, 0.2) is 0 Å². The highest BCUT2D eigenvalue weighted by Crippen LogP contribution is 2.29. The van der Waals surface area contributed by atoms with Gasteiger partial charge in [-0.25, -0.2) is 18.7 Å². The van der Waals surface area contributed by atoms with E-state index in [0.29, 0.717) is 5.56 Å². The fourth-order valence-corrected chi connectivity index (χ4v) is 3.41. The van der Waals surface area contributed by atoms with Crippen molar-refractivity contribution in [3.8, 4) is 5.75 Å². The van der Waals surface area contributed by atoms with Gasteiger partial charge >= 0.3 is 6.36 Å². The highest BCUT2D eigenvalue weighted by Gasteiger charge is 2.43. The van der Waals surface area contributed by atoms with E-state index in [2.05, 4.69) is 25.3 Å². The molecule has 2 N–H and O–H groups in total. The third-order valence-corrected chi connectivity index (χ3v) is 4.62. The Kier molecular flexibility index (Phi) is 6.70. The van der Waals surface area contributed by atoms with Crippen LogP contribution in [0.4, 0.5) is 33.6 Å². The number of anilines is 2. The molecule has 0 unspecified atom stereocenters. The summed E-state index contributed by atoms with van der Waals surface area (Å²) in [5.74, 6) is -4.96. The van der Waals surface area contributed by atoms with E-state index in [0.717, 1.165) is 23.2 Å². The molecule has 0 aliphatic carbocycles. The van der Waals surface area contributed by atoms with Crippen LogP contribution in [0.5, 0.6) is 5.75 Å². The molecule has 0 spiro atoms. The average molecular weight is 473 g/mol. The second-order valence-corrected chi connectivity index (χ2v) is 7.55. The Morgan fingerprint density at radius 3 is 2.61 bits per heavy atom. The van der Waals surface area contributed by atoms with Crippen LogP contribution in [0.3, 0.4) is 0 Å². The first-order valence-electron chi connectivity index (χ1n) is 9.72. The molecule has 0 aromatic carbocycles. The quantitative estimate of drug-likeness (QED) is 0.647. The first-order chi connectivity index (χ1) is 15.3. The van der Waals surface area contributed by atoms with Gasteiger partial charge in [0.2, 0.25) is 5.91 Å². The summed E-state index contributed by atoms with van der Waals surface area (Å²) in [4.78, 5) is 33.2. The Labute approximate surface area is 185 Å². The van der Waals surface area contributed by atoms with Crippen LogP contribution in [-0.4, -0.2) is 58.1 Å². The molecule has 2 aromatic heterocycles. The number of piperidine rings is 1. The summed E-state index contributed by atoms with van der Waals surface area (Å²) in [6, 6.07) is 4.04. The normalized spacial score (nSPS) is 17.9. The molecule has 1 aliphatic heterocycles. The maximum absolute atomic E-state index is 14.2. The van der Waals surface area contributed by atoms with Crippen molar-refractivity contribution in [1.29, 1.82) is 0 Å². The third-order valence-electron chi connectivity index (χ3n) is 4.62. The maximum Gasteiger partial charge on any atom is 0.573 e. The van der Waals surface area contributed by atoms with Gasteiger partial charge in [-0.3, -0.25) is 9.59 Å². The number of hydrogen-bond donors (Lipinski definition) is 2. The molecule has 13 heteroatoms. The monoisotopic (exact) mass is 473 g/mol. The molecule has 3 rings (SSSR count). The second kappa shape index (κ2) is 9.16. The number of likely N-dealkylation sites (tertiary alicyclic amines) is 1. The smallest absolute Gasteiger partial charge is 0.406 e. The zero-order valence-corrected chi connectivity index (χ0v) is 17.5. The van der Waals surface area contributed by atoms with E-state index in [9.17, 15) is 31.5 Å². The molecule has 1 aliphatic rings. The average Bonchev–Trinajstić information content (AvgIpc) is 2.66. The van der Waals surface area contributed by atoms with Crippen molar-refractivity contribution >= 4 is 23.5 Å². The zero-order chi connectivity index (χ0) is 24.4. The Bertz CT molecular complexity index is 1050. The van der Waals surface area contributed by atoms with Crippen molar-refractivity contribution < 1.29 is 36.3 Å². The highest BCUT2D eigenvalue weighted by atomic mass is 19.4. The summed E-state index contributed by atoms with van der Waals surface area (Å²) < 4.78 is 69.4. The number of aryl methyl sites for hydroxylation is 1. The molecular weight excluding hydrogens is 453 g/mol. The van der Waals surface area contributed by atoms with Gasteiger partial charge in [0, 0.05) is 32.2 Å². The number of aromatic nitrogens is 2. The van der Waals surface area contributed by atoms with Crippen molar-refractivity contribution in [2.45, 2.75) is 38.6 Å². The molecule has 2 aromatic rings. The lowest BCUT2D eigenvalue weighted by molar-refractivity contribution is -0.274. The molecular formula is C20H20F5N5O3. The van der Waals surface area contributed by atoms with Gasteiger partial charge < -0.3 is 20.3 Å². The molecule has 0 radical (unpaired) electrons. The van der Waals surface area contributed by atoms with Gasteiger partial charge in [-0.05, 0) is 24.6 Å². The summed E-state index contributed by atoms with van der Waals surface area (Å²) in [7, 11) is 0. The lowest BCUT2D eigenvalue weighted by Gasteiger charge is -2.37. The molecule has 33 heavy (non-hydrogen) atoms.